The van der Waals surface area contributed by atoms with E-state index >= 15 is 0 Å². The molecule has 0 aliphatic heterocycles. The van der Waals surface area contributed by atoms with Gasteiger partial charge in [0, 0.05) is 11.9 Å². The standard InChI is InChI=1S/C6H7N.Al.Mg.5H/c1-6-4-2-3-5-7-6;;;;;;;/h2-5H,1H3;;;;;;;. The fraction of sp³-hybridized carbons (Fsp3) is 0.167. The minimum absolute atomic E-state index is 0. The number of pyridine rings is 1. The van der Waals surface area contributed by atoms with Crippen LogP contribution in [0.5, 0.6) is 0 Å². The molecule has 46 valence electrons. The van der Waals surface area contributed by atoms with Gasteiger partial charge in [-0.25, -0.2) is 0 Å². The Kier molecular flexibility index (Phi) is 8.87. The van der Waals surface area contributed by atoms with Gasteiger partial charge in [0.15, 0.2) is 17.4 Å². The molecule has 1 aromatic heterocycles. The molecule has 3 heteroatoms. The highest BCUT2D eigenvalue weighted by molar-refractivity contribution is 5.76. The first-order chi connectivity index (χ1) is 3.39. The fourth-order valence-electron chi connectivity index (χ4n) is 0.448. The van der Waals surface area contributed by atoms with Crippen LogP contribution in [0.2, 0.25) is 0 Å². The van der Waals surface area contributed by atoms with Crippen molar-refractivity contribution in [1.29, 1.82) is 0 Å². The van der Waals surface area contributed by atoms with Gasteiger partial charge in [-0.1, -0.05) is 6.07 Å². The molecular formula is C6H12AlMgN. The second-order valence-electron chi connectivity index (χ2n) is 1.47. The minimum atomic E-state index is 0. The average Bonchev–Trinajstić information content (AvgIpc) is 1.69. The van der Waals surface area contributed by atoms with Gasteiger partial charge in [0.25, 0.3) is 0 Å². The van der Waals surface area contributed by atoms with Crippen LogP contribution in [0.3, 0.4) is 0 Å². The lowest BCUT2D eigenvalue weighted by molar-refractivity contribution is 1.20. The van der Waals surface area contributed by atoms with Crippen LogP contribution < -0.4 is 0 Å². The van der Waals surface area contributed by atoms with Crippen molar-refractivity contribution in [3.05, 3.63) is 30.1 Å². The van der Waals surface area contributed by atoms with Gasteiger partial charge < -0.3 is 0 Å². The Morgan fingerprint density at radius 1 is 1.33 bits per heavy atom. The number of aromatic nitrogens is 1. The van der Waals surface area contributed by atoms with Crippen molar-refractivity contribution >= 4 is 40.4 Å². The molecule has 1 nitrogen and oxygen atoms in total. The molecule has 0 atom stereocenters. The van der Waals surface area contributed by atoms with Gasteiger partial charge in [-0.3, -0.25) is 4.98 Å². The molecule has 0 unspecified atom stereocenters. The second-order valence-corrected chi connectivity index (χ2v) is 1.47. The average molecular weight is 149 g/mol. The molecule has 0 saturated heterocycles. The van der Waals surface area contributed by atoms with Gasteiger partial charge in [0.2, 0.25) is 0 Å². The highest BCUT2D eigenvalue weighted by Crippen LogP contribution is 1.85. The van der Waals surface area contributed by atoms with E-state index in [0.717, 1.165) is 5.69 Å². The summed E-state index contributed by atoms with van der Waals surface area (Å²) in [4.78, 5) is 3.98. The Hall–Kier alpha value is 0.449. The van der Waals surface area contributed by atoms with Gasteiger partial charge in [-0.15, -0.1) is 0 Å². The summed E-state index contributed by atoms with van der Waals surface area (Å²) in [5, 5.41) is 0. The Morgan fingerprint density at radius 2 is 2.00 bits per heavy atom. The van der Waals surface area contributed by atoms with Gasteiger partial charge in [-0.2, -0.15) is 0 Å². The van der Waals surface area contributed by atoms with Crippen molar-refractivity contribution in [3.63, 3.8) is 0 Å². The van der Waals surface area contributed by atoms with Crippen molar-refractivity contribution in [3.8, 4) is 0 Å². The predicted molar refractivity (Wildman–Crippen MR) is 47.5 cm³/mol. The summed E-state index contributed by atoms with van der Waals surface area (Å²) in [5.41, 5.74) is 1.07. The molecule has 0 saturated carbocycles. The number of hydrogen-bond donors (Lipinski definition) is 0. The largest absolute Gasteiger partial charge is 0.316 e. The van der Waals surface area contributed by atoms with E-state index in [1.807, 2.05) is 25.1 Å². The van der Waals surface area contributed by atoms with Crippen molar-refractivity contribution in [1.82, 2.24) is 4.98 Å². The Labute approximate surface area is 82.2 Å². The lowest BCUT2D eigenvalue weighted by atomic mass is 10.4. The summed E-state index contributed by atoms with van der Waals surface area (Å²) in [5.74, 6) is 0. The van der Waals surface area contributed by atoms with Gasteiger partial charge in [0.1, 0.15) is 0 Å². The molecule has 0 aliphatic carbocycles. The van der Waals surface area contributed by atoms with E-state index in [-0.39, 0.29) is 40.4 Å². The number of aryl methyl sites for hydroxylation is 1. The molecule has 1 rings (SSSR count). The van der Waals surface area contributed by atoms with E-state index < -0.39 is 0 Å². The lowest BCUT2D eigenvalue weighted by Crippen LogP contribution is -1.72. The summed E-state index contributed by atoms with van der Waals surface area (Å²) in [6, 6.07) is 5.86. The molecule has 0 spiro atoms. The van der Waals surface area contributed by atoms with Crippen molar-refractivity contribution in [2.75, 3.05) is 0 Å². The first kappa shape index (κ1) is 12.2. The van der Waals surface area contributed by atoms with E-state index in [4.69, 9.17) is 0 Å². The Bertz CT molecular complexity index is 143. The van der Waals surface area contributed by atoms with Crippen molar-refractivity contribution in [2.45, 2.75) is 6.92 Å². The molecule has 0 fully saturated rings. The third-order valence-corrected chi connectivity index (χ3v) is 0.813. The van der Waals surface area contributed by atoms with Crippen LogP contribution in [0.1, 0.15) is 5.69 Å². The summed E-state index contributed by atoms with van der Waals surface area (Å²) in [7, 11) is 0. The molecule has 0 N–H and O–H groups in total. The minimum Gasteiger partial charge on any atom is -0.262 e. The Balaban J connectivity index is 0. The normalized spacial score (nSPS) is 6.78. The molecule has 0 radical (unpaired) electrons. The lowest BCUT2D eigenvalue weighted by Gasteiger charge is -1.82. The third kappa shape index (κ3) is 4.92. The van der Waals surface area contributed by atoms with Crippen molar-refractivity contribution in [2.24, 2.45) is 0 Å². The van der Waals surface area contributed by atoms with E-state index in [1.165, 1.54) is 0 Å². The van der Waals surface area contributed by atoms with Crippen LogP contribution in [-0.2, 0) is 0 Å². The zero-order valence-corrected chi connectivity index (χ0v) is 4.26. The highest BCUT2D eigenvalue weighted by Gasteiger charge is 1.73. The van der Waals surface area contributed by atoms with Crippen LogP contribution >= 0.6 is 0 Å². The molecule has 0 aliphatic rings. The van der Waals surface area contributed by atoms with Crippen LogP contribution in [0.15, 0.2) is 24.4 Å². The molecule has 0 bridgehead atoms. The van der Waals surface area contributed by atoms with E-state index in [1.54, 1.807) is 6.20 Å². The van der Waals surface area contributed by atoms with Gasteiger partial charge in [0.05, 0.1) is 0 Å². The fourth-order valence-corrected chi connectivity index (χ4v) is 0.448. The SMILES string of the molecule is Cc1ccccn1.[AlH3].[MgH2]. The maximum absolute atomic E-state index is 3.98. The number of nitrogens with zero attached hydrogens (tertiary/aromatic N) is 1. The van der Waals surface area contributed by atoms with E-state index in [2.05, 4.69) is 4.98 Å². The maximum Gasteiger partial charge on any atom is 0.316 e. The predicted octanol–water partition coefficient (Wildman–Crippen LogP) is -0.710. The molecule has 1 heterocycles. The monoisotopic (exact) mass is 149 g/mol. The molecule has 0 aromatic carbocycles. The van der Waals surface area contributed by atoms with E-state index in [0.29, 0.717) is 0 Å². The first-order valence-corrected chi connectivity index (χ1v) is 2.27. The van der Waals surface area contributed by atoms with Gasteiger partial charge >= 0.3 is 23.1 Å². The second kappa shape index (κ2) is 6.57. The maximum atomic E-state index is 3.98. The summed E-state index contributed by atoms with van der Waals surface area (Å²) in [6.07, 6.45) is 1.79. The van der Waals surface area contributed by atoms with Gasteiger partial charge in [-0.05, 0) is 19.1 Å². The molecular weight excluding hydrogens is 137 g/mol. The van der Waals surface area contributed by atoms with E-state index in [9.17, 15) is 0 Å². The number of hydrogen-bond acceptors (Lipinski definition) is 1. The number of rotatable bonds is 0. The van der Waals surface area contributed by atoms with Crippen LogP contribution in [-0.4, -0.2) is 45.4 Å². The zero-order chi connectivity index (χ0) is 5.11. The van der Waals surface area contributed by atoms with Crippen LogP contribution in [0, 0.1) is 6.92 Å². The third-order valence-electron chi connectivity index (χ3n) is 0.813. The van der Waals surface area contributed by atoms with Crippen LogP contribution in [0.4, 0.5) is 0 Å². The van der Waals surface area contributed by atoms with Crippen LogP contribution in [0.25, 0.3) is 0 Å². The zero-order valence-electron chi connectivity index (χ0n) is 4.26. The summed E-state index contributed by atoms with van der Waals surface area (Å²) < 4.78 is 0. The topological polar surface area (TPSA) is 12.9 Å². The molecule has 9 heavy (non-hydrogen) atoms. The Morgan fingerprint density at radius 3 is 2.22 bits per heavy atom. The smallest absolute Gasteiger partial charge is 0.262 e. The summed E-state index contributed by atoms with van der Waals surface area (Å²) in [6.45, 7) is 1.97. The first-order valence-electron chi connectivity index (χ1n) is 2.27. The summed E-state index contributed by atoms with van der Waals surface area (Å²) >= 11 is 0. The molecule has 1 aromatic rings. The molecule has 0 amide bonds. The quantitative estimate of drug-likeness (QED) is 0.444. The highest BCUT2D eigenvalue weighted by atomic mass is 27.0. The van der Waals surface area contributed by atoms with Crippen molar-refractivity contribution < 1.29 is 0 Å².